The van der Waals surface area contributed by atoms with Gasteiger partial charge in [-0.25, -0.2) is 15.0 Å². The zero-order chi connectivity index (χ0) is 30.4. The Morgan fingerprint density at radius 1 is 0.435 bits per heavy atom. The van der Waals surface area contributed by atoms with Crippen molar-refractivity contribution in [3.63, 3.8) is 0 Å². The lowest BCUT2D eigenvalue weighted by Crippen LogP contribution is -2.16. The van der Waals surface area contributed by atoms with Gasteiger partial charge in [-0.1, -0.05) is 103 Å². The molecule has 0 bridgehead atoms. The van der Waals surface area contributed by atoms with E-state index in [0.29, 0.717) is 22.5 Å². The maximum Gasteiger partial charge on any atom is 0.266 e. The van der Waals surface area contributed by atoms with Gasteiger partial charge in [-0.2, -0.15) is 0 Å². The smallest absolute Gasteiger partial charge is 0.266 e. The molecule has 10 rings (SSSR count). The number of benzene rings is 6. The number of para-hydroxylation sites is 4. The zero-order valence-corrected chi connectivity index (χ0v) is 24.4. The van der Waals surface area contributed by atoms with Crippen LogP contribution in [0.15, 0.2) is 144 Å². The van der Waals surface area contributed by atoms with Crippen molar-refractivity contribution in [3.05, 3.63) is 150 Å². The Kier molecular flexibility index (Phi) is 5.05. The van der Waals surface area contributed by atoms with E-state index in [1.54, 1.807) is 4.40 Å². The molecule has 6 heteroatoms. The Labute approximate surface area is 261 Å². The van der Waals surface area contributed by atoms with Crippen LogP contribution in [0.25, 0.3) is 88.1 Å². The molecule has 214 valence electrons. The molecule has 0 amide bonds. The van der Waals surface area contributed by atoms with Crippen molar-refractivity contribution in [2.45, 2.75) is 0 Å². The predicted molar refractivity (Wildman–Crippen MR) is 187 cm³/mol. The molecule has 46 heavy (non-hydrogen) atoms. The van der Waals surface area contributed by atoms with E-state index < -0.39 is 0 Å². The predicted octanol–water partition coefficient (Wildman–Crippen LogP) is 8.86. The molecule has 0 aliphatic heterocycles. The maximum absolute atomic E-state index is 14.2. The average molecular weight is 590 g/mol. The third-order valence-electron chi connectivity index (χ3n) is 9.11. The summed E-state index contributed by atoms with van der Waals surface area (Å²) in [4.78, 5) is 29.7. The van der Waals surface area contributed by atoms with Gasteiger partial charge in [0.25, 0.3) is 5.56 Å². The van der Waals surface area contributed by atoms with Gasteiger partial charge < -0.3 is 0 Å². The molecule has 0 aliphatic carbocycles. The lowest BCUT2D eigenvalue weighted by atomic mass is 10.0. The van der Waals surface area contributed by atoms with Crippen molar-refractivity contribution in [2.75, 3.05) is 0 Å². The molecular weight excluding hydrogens is 566 g/mol. The van der Waals surface area contributed by atoms with Crippen LogP contribution in [-0.4, -0.2) is 23.9 Å². The van der Waals surface area contributed by atoms with Crippen molar-refractivity contribution < 1.29 is 0 Å². The zero-order valence-electron chi connectivity index (χ0n) is 24.4. The quantitative estimate of drug-likeness (QED) is 0.149. The van der Waals surface area contributed by atoms with E-state index >= 15 is 0 Å². The van der Waals surface area contributed by atoms with Crippen LogP contribution in [0.4, 0.5) is 0 Å². The van der Waals surface area contributed by atoms with E-state index in [-0.39, 0.29) is 5.56 Å². The number of hydrogen-bond donors (Lipinski definition) is 0. The van der Waals surface area contributed by atoms with Gasteiger partial charge in [0.15, 0.2) is 0 Å². The van der Waals surface area contributed by atoms with Crippen LogP contribution in [0, 0.1) is 0 Å². The summed E-state index contributed by atoms with van der Waals surface area (Å²) in [6, 6.07) is 46.7. The fourth-order valence-electron chi connectivity index (χ4n) is 7.13. The SMILES string of the molecule is O=c1c2ccccc2nc2c3c(ccc4c3c3ccccc3n4-c3nc(-c4ccccc4)c4ccccc4n3)c3ccccc3n12. The molecule has 0 N–H and O–H groups in total. The van der Waals surface area contributed by atoms with Crippen LogP contribution in [0.2, 0.25) is 0 Å². The van der Waals surface area contributed by atoms with E-state index in [1.807, 2.05) is 84.9 Å². The van der Waals surface area contributed by atoms with Crippen LogP contribution in [0.5, 0.6) is 0 Å². The standard InChI is InChI=1S/C40H23N5O/c46-39-28-16-5-9-19-31(28)41-38-36-26(25-14-6-10-20-32(25)45(38)39)22-23-34-35(36)29-17-7-11-21-33(29)44(34)40-42-30-18-8-4-15-27(30)37(43-40)24-12-2-1-3-13-24/h1-23H. The van der Waals surface area contributed by atoms with E-state index in [2.05, 4.69) is 59.2 Å². The first-order valence-corrected chi connectivity index (χ1v) is 15.3. The lowest BCUT2D eigenvalue weighted by Gasteiger charge is -2.14. The van der Waals surface area contributed by atoms with Crippen LogP contribution >= 0.6 is 0 Å². The number of rotatable bonds is 2. The molecule has 4 heterocycles. The molecule has 6 nitrogen and oxygen atoms in total. The fraction of sp³-hybridized carbons (Fsp3) is 0. The number of fused-ring (bicyclic) bond motifs is 12. The highest BCUT2D eigenvalue weighted by Gasteiger charge is 2.22. The molecule has 0 atom stereocenters. The molecule has 10 aromatic rings. The van der Waals surface area contributed by atoms with Gasteiger partial charge in [0.05, 0.1) is 38.7 Å². The summed E-state index contributed by atoms with van der Waals surface area (Å²) in [5, 5.41) is 6.61. The van der Waals surface area contributed by atoms with Crippen LogP contribution in [0.3, 0.4) is 0 Å². The second-order valence-electron chi connectivity index (χ2n) is 11.6. The van der Waals surface area contributed by atoms with E-state index in [4.69, 9.17) is 15.0 Å². The summed E-state index contributed by atoms with van der Waals surface area (Å²) in [5.41, 5.74) is 6.77. The summed E-state index contributed by atoms with van der Waals surface area (Å²) in [6.45, 7) is 0. The molecule has 0 unspecified atom stereocenters. The van der Waals surface area contributed by atoms with Gasteiger partial charge in [0.2, 0.25) is 5.95 Å². The van der Waals surface area contributed by atoms with Crippen molar-refractivity contribution in [2.24, 2.45) is 0 Å². The summed E-state index contributed by atoms with van der Waals surface area (Å²) < 4.78 is 3.93. The Bertz CT molecular complexity index is 2940. The van der Waals surface area contributed by atoms with Crippen molar-refractivity contribution in [1.29, 1.82) is 0 Å². The van der Waals surface area contributed by atoms with E-state index in [0.717, 1.165) is 65.6 Å². The van der Waals surface area contributed by atoms with Gasteiger partial charge in [0.1, 0.15) is 5.65 Å². The molecule has 6 aromatic carbocycles. The first kappa shape index (κ1) is 25.0. The van der Waals surface area contributed by atoms with Crippen LogP contribution in [-0.2, 0) is 0 Å². The van der Waals surface area contributed by atoms with Gasteiger partial charge in [-0.3, -0.25) is 13.8 Å². The topological polar surface area (TPSA) is 65.1 Å². The Hall–Kier alpha value is -6.40. The maximum atomic E-state index is 14.2. The number of pyridine rings is 1. The monoisotopic (exact) mass is 589 g/mol. The minimum atomic E-state index is -0.0789. The van der Waals surface area contributed by atoms with E-state index in [1.165, 1.54) is 0 Å². The third-order valence-corrected chi connectivity index (χ3v) is 9.11. The van der Waals surface area contributed by atoms with Crippen molar-refractivity contribution >= 4 is 70.9 Å². The Morgan fingerprint density at radius 2 is 1.07 bits per heavy atom. The molecule has 0 aliphatic rings. The van der Waals surface area contributed by atoms with Gasteiger partial charge in [-0.05, 0) is 41.8 Å². The first-order chi connectivity index (χ1) is 22.8. The number of hydrogen-bond acceptors (Lipinski definition) is 4. The second-order valence-corrected chi connectivity index (χ2v) is 11.6. The summed E-state index contributed by atoms with van der Waals surface area (Å²) >= 11 is 0. The molecule has 4 aromatic heterocycles. The summed E-state index contributed by atoms with van der Waals surface area (Å²) in [5.74, 6) is 0.587. The molecule has 0 saturated carbocycles. The Balaban J connectivity index is 1.43. The average Bonchev–Trinajstić information content (AvgIpc) is 3.46. The molecular formula is C40H23N5O. The van der Waals surface area contributed by atoms with Crippen LogP contribution in [0.1, 0.15) is 0 Å². The van der Waals surface area contributed by atoms with Gasteiger partial charge in [0, 0.05) is 32.5 Å². The van der Waals surface area contributed by atoms with Gasteiger partial charge >= 0.3 is 0 Å². The largest absolute Gasteiger partial charge is 0.278 e. The minimum absolute atomic E-state index is 0.0789. The number of nitrogens with zero attached hydrogens (tertiary/aromatic N) is 5. The van der Waals surface area contributed by atoms with E-state index in [9.17, 15) is 4.79 Å². The summed E-state index contributed by atoms with van der Waals surface area (Å²) in [6.07, 6.45) is 0. The Morgan fingerprint density at radius 3 is 1.87 bits per heavy atom. The fourth-order valence-corrected chi connectivity index (χ4v) is 7.13. The minimum Gasteiger partial charge on any atom is -0.278 e. The number of aromatic nitrogens is 5. The third kappa shape index (κ3) is 3.35. The molecule has 0 spiro atoms. The molecule has 0 radical (unpaired) electrons. The highest BCUT2D eigenvalue weighted by molar-refractivity contribution is 6.29. The van der Waals surface area contributed by atoms with Gasteiger partial charge in [-0.15, -0.1) is 0 Å². The normalized spacial score (nSPS) is 12.0. The highest BCUT2D eigenvalue weighted by atomic mass is 16.1. The summed E-state index contributed by atoms with van der Waals surface area (Å²) in [7, 11) is 0. The second kappa shape index (κ2) is 9.30. The van der Waals surface area contributed by atoms with Crippen molar-refractivity contribution in [1.82, 2.24) is 23.9 Å². The highest BCUT2D eigenvalue weighted by Crippen LogP contribution is 2.40. The van der Waals surface area contributed by atoms with Crippen molar-refractivity contribution in [3.8, 4) is 17.2 Å². The lowest BCUT2D eigenvalue weighted by molar-refractivity contribution is 1.01. The first-order valence-electron chi connectivity index (χ1n) is 15.3. The molecule has 0 fully saturated rings. The molecule has 0 saturated heterocycles. The van der Waals surface area contributed by atoms with Crippen LogP contribution < -0.4 is 5.56 Å².